The lowest BCUT2D eigenvalue weighted by Crippen LogP contribution is -2.31. The number of carbonyl (C=O) groups excluding carboxylic acids is 1. The Hall–Kier alpha value is -1.66. The van der Waals surface area contributed by atoms with Gasteiger partial charge in [0.05, 0.1) is 23.5 Å². The molecule has 2 aromatic rings. The Bertz CT molecular complexity index is 662. The van der Waals surface area contributed by atoms with E-state index in [1.807, 2.05) is 23.1 Å². The Morgan fingerprint density at radius 3 is 3.09 bits per heavy atom. The van der Waals surface area contributed by atoms with Gasteiger partial charge in [-0.2, -0.15) is 5.10 Å². The van der Waals surface area contributed by atoms with Crippen LogP contribution in [0.3, 0.4) is 0 Å². The van der Waals surface area contributed by atoms with Crippen molar-refractivity contribution >= 4 is 17.2 Å². The number of carbonyl (C=O) groups is 1. The molecule has 1 amide bonds. The third-order valence-corrected chi connectivity index (χ3v) is 5.42. The van der Waals surface area contributed by atoms with Crippen molar-refractivity contribution in [2.24, 2.45) is 5.92 Å². The highest BCUT2D eigenvalue weighted by Crippen LogP contribution is 2.24. The second-order valence-electron chi connectivity index (χ2n) is 6.56. The van der Waals surface area contributed by atoms with Crippen LogP contribution in [-0.4, -0.2) is 41.2 Å². The van der Waals surface area contributed by atoms with Gasteiger partial charge in [0.1, 0.15) is 0 Å². The van der Waals surface area contributed by atoms with Crippen molar-refractivity contribution in [1.82, 2.24) is 20.0 Å². The van der Waals surface area contributed by atoms with Gasteiger partial charge in [0.2, 0.25) is 0 Å². The van der Waals surface area contributed by atoms with Crippen LogP contribution >= 0.6 is 11.3 Å². The monoisotopic (exact) mass is 332 g/mol. The number of hydrogen-bond acceptors (Lipinski definition) is 4. The van der Waals surface area contributed by atoms with Gasteiger partial charge in [-0.25, -0.2) is 0 Å². The minimum atomic E-state index is -0.0161. The van der Waals surface area contributed by atoms with Gasteiger partial charge in [0, 0.05) is 18.0 Å². The number of hydrogen-bond donors (Lipinski definition) is 1. The predicted molar refractivity (Wildman–Crippen MR) is 92.8 cm³/mol. The van der Waals surface area contributed by atoms with Gasteiger partial charge in [-0.15, -0.1) is 11.3 Å². The maximum absolute atomic E-state index is 12.6. The van der Waals surface area contributed by atoms with Crippen LogP contribution in [0.5, 0.6) is 0 Å². The molecule has 0 radical (unpaired) electrons. The summed E-state index contributed by atoms with van der Waals surface area (Å²) in [5.74, 6) is 0.577. The van der Waals surface area contributed by atoms with E-state index in [2.05, 4.69) is 35.5 Å². The summed E-state index contributed by atoms with van der Waals surface area (Å²) >= 11 is 1.67. The van der Waals surface area contributed by atoms with Crippen molar-refractivity contribution in [3.8, 4) is 0 Å². The highest BCUT2D eigenvalue weighted by atomic mass is 32.1. The largest absolute Gasteiger partial charge is 0.345 e. The van der Waals surface area contributed by atoms with Crippen LogP contribution in [0, 0.1) is 5.92 Å². The zero-order chi connectivity index (χ0) is 16.4. The molecule has 0 aromatic carbocycles. The van der Waals surface area contributed by atoms with Gasteiger partial charge in [0.15, 0.2) is 0 Å². The number of fused-ring (bicyclic) bond motifs is 1. The van der Waals surface area contributed by atoms with Crippen molar-refractivity contribution in [2.45, 2.75) is 32.4 Å². The summed E-state index contributed by atoms with van der Waals surface area (Å²) in [5, 5.41) is 9.54. The molecule has 0 saturated carbocycles. The number of nitrogens with one attached hydrogen (secondary N) is 1. The lowest BCUT2D eigenvalue weighted by Gasteiger charge is -2.26. The van der Waals surface area contributed by atoms with Crippen molar-refractivity contribution < 1.29 is 4.79 Å². The fourth-order valence-electron chi connectivity index (χ4n) is 3.24. The summed E-state index contributed by atoms with van der Waals surface area (Å²) in [6.07, 6.45) is 3.78. The molecule has 2 atom stereocenters. The van der Waals surface area contributed by atoms with Crippen molar-refractivity contribution in [3.05, 3.63) is 39.8 Å². The summed E-state index contributed by atoms with van der Waals surface area (Å²) in [6.45, 7) is 3.98. The number of nitrogens with zero attached hydrogens (tertiary/aromatic N) is 3. The van der Waals surface area contributed by atoms with Crippen LogP contribution in [-0.2, 0) is 13.0 Å². The first-order valence-electron chi connectivity index (χ1n) is 8.08. The van der Waals surface area contributed by atoms with Crippen LogP contribution in [0.25, 0.3) is 0 Å². The highest BCUT2D eigenvalue weighted by Gasteiger charge is 2.26. The standard InChI is InChI=1S/C17H24N4OS/c1-12(16-5-4-8-23-16)19-17(22)14-10-18-21-7-6-13(9-15(14)21)11-20(2)3/h4-5,8,10,12-13H,6-7,9,11H2,1-3H3,(H,19,22)/t12-,13+/m0/s1. The molecule has 5 nitrogen and oxygen atoms in total. The first-order valence-corrected chi connectivity index (χ1v) is 8.96. The molecule has 3 rings (SSSR count). The number of rotatable bonds is 5. The van der Waals surface area contributed by atoms with Crippen LogP contribution in [0.4, 0.5) is 0 Å². The van der Waals surface area contributed by atoms with E-state index in [4.69, 9.17) is 0 Å². The third-order valence-electron chi connectivity index (χ3n) is 4.37. The Morgan fingerprint density at radius 2 is 2.39 bits per heavy atom. The molecule has 0 fully saturated rings. The van der Waals surface area contributed by atoms with Gasteiger partial charge in [-0.05, 0) is 51.2 Å². The Morgan fingerprint density at radius 1 is 1.57 bits per heavy atom. The quantitative estimate of drug-likeness (QED) is 0.915. The Kier molecular flexibility index (Phi) is 4.82. The van der Waals surface area contributed by atoms with E-state index in [1.54, 1.807) is 17.5 Å². The van der Waals surface area contributed by atoms with Gasteiger partial charge >= 0.3 is 0 Å². The first kappa shape index (κ1) is 16.2. The van der Waals surface area contributed by atoms with E-state index in [0.717, 1.165) is 37.2 Å². The minimum Gasteiger partial charge on any atom is -0.345 e. The summed E-state index contributed by atoms with van der Waals surface area (Å²) in [5.41, 5.74) is 1.82. The maximum atomic E-state index is 12.6. The first-order chi connectivity index (χ1) is 11.0. The van der Waals surface area contributed by atoms with Crippen molar-refractivity contribution in [3.63, 3.8) is 0 Å². The predicted octanol–water partition coefficient (Wildman–Crippen LogP) is 2.56. The molecule has 0 spiro atoms. The molecular weight excluding hydrogens is 308 g/mol. The number of aromatic nitrogens is 2. The lowest BCUT2D eigenvalue weighted by molar-refractivity contribution is 0.0938. The third kappa shape index (κ3) is 3.64. The van der Waals surface area contributed by atoms with E-state index in [-0.39, 0.29) is 11.9 Å². The smallest absolute Gasteiger partial charge is 0.255 e. The molecule has 0 unspecified atom stereocenters. The lowest BCUT2D eigenvalue weighted by atomic mass is 9.94. The molecule has 23 heavy (non-hydrogen) atoms. The molecule has 3 heterocycles. The van der Waals surface area contributed by atoms with Crippen molar-refractivity contribution in [1.29, 1.82) is 0 Å². The SMILES string of the molecule is C[C@H](NC(=O)c1cnn2c1C[C@H](CN(C)C)CC2)c1cccs1. The zero-order valence-corrected chi connectivity index (χ0v) is 14.8. The van der Waals surface area contributed by atoms with E-state index < -0.39 is 0 Å². The topological polar surface area (TPSA) is 50.2 Å². The van der Waals surface area contributed by atoms with E-state index in [9.17, 15) is 4.79 Å². The zero-order valence-electron chi connectivity index (χ0n) is 14.0. The average molecular weight is 332 g/mol. The maximum Gasteiger partial charge on any atom is 0.255 e. The van der Waals surface area contributed by atoms with Crippen LogP contribution in [0.1, 0.15) is 40.3 Å². The van der Waals surface area contributed by atoms with Gasteiger partial charge in [-0.1, -0.05) is 6.07 Å². The second-order valence-corrected chi connectivity index (χ2v) is 7.54. The van der Waals surface area contributed by atoms with E-state index in [1.165, 1.54) is 4.88 Å². The van der Waals surface area contributed by atoms with E-state index in [0.29, 0.717) is 5.92 Å². The molecular formula is C17H24N4OS. The number of aryl methyl sites for hydroxylation is 1. The Balaban J connectivity index is 1.72. The Labute approximate surface area is 141 Å². The molecule has 124 valence electrons. The molecule has 1 aliphatic rings. The second kappa shape index (κ2) is 6.84. The summed E-state index contributed by atoms with van der Waals surface area (Å²) in [6, 6.07) is 4.09. The van der Waals surface area contributed by atoms with Gasteiger partial charge < -0.3 is 10.2 Å². The fraction of sp³-hybridized carbons (Fsp3) is 0.529. The normalized spacial score (nSPS) is 18.7. The molecule has 2 aromatic heterocycles. The summed E-state index contributed by atoms with van der Waals surface area (Å²) in [7, 11) is 4.20. The molecule has 0 aliphatic carbocycles. The molecule has 1 aliphatic heterocycles. The molecule has 1 N–H and O–H groups in total. The van der Waals surface area contributed by atoms with E-state index >= 15 is 0 Å². The summed E-state index contributed by atoms with van der Waals surface area (Å²) in [4.78, 5) is 16.0. The molecule has 0 bridgehead atoms. The van der Waals surface area contributed by atoms with Crippen molar-refractivity contribution in [2.75, 3.05) is 20.6 Å². The summed E-state index contributed by atoms with van der Waals surface area (Å²) < 4.78 is 2.00. The number of amides is 1. The molecule has 6 heteroatoms. The minimum absolute atomic E-state index is 0.0161. The number of thiophene rings is 1. The highest BCUT2D eigenvalue weighted by molar-refractivity contribution is 7.10. The molecule has 0 saturated heterocycles. The van der Waals surface area contributed by atoms with Crippen LogP contribution in [0.2, 0.25) is 0 Å². The average Bonchev–Trinajstić information content (AvgIpc) is 3.15. The van der Waals surface area contributed by atoms with Gasteiger partial charge in [0.25, 0.3) is 5.91 Å². The van der Waals surface area contributed by atoms with Crippen LogP contribution in [0.15, 0.2) is 23.7 Å². The van der Waals surface area contributed by atoms with Gasteiger partial charge in [-0.3, -0.25) is 9.48 Å². The fourth-order valence-corrected chi connectivity index (χ4v) is 3.98. The van der Waals surface area contributed by atoms with Crippen LogP contribution < -0.4 is 5.32 Å².